The summed E-state index contributed by atoms with van der Waals surface area (Å²) >= 11 is 0. The summed E-state index contributed by atoms with van der Waals surface area (Å²) in [7, 11) is 0. The van der Waals surface area contributed by atoms with E-state index in [0.29, 0.717) is 5.82 Å². The lowest BCUT2D eigenvalue weighted by Gasteiger charge is -2.13. The highest BCUT2D eigenvalue weighted by Gasteiger charge is 2.21. The normalized spacial score (nSPS) is 11.6. The van der Waals surface area contributed by atoms with Gasteiger partial charge in [0, 0.05) is 49.6 Å². The molecule has 262 valence electrons. The third kappa shape index (κ3) is 5.23. The third-order valence-electron chi connectivity index (χ3n) is 10.9. The molecule has 4 nitrogen and oxygen atoms in total. The second kappa shape index (κ2) is 13.1. The van der Waals surface area contributed by atoms with Crippen molar-refractivity contribution in [3.05, 3.63) is 206 Å². The van der Waals surface area contributed by atoms with Crippen LogP contribution in [0.1, 0.15) is 0 Å². The van der Waals surface area contributed by atoms with E-state index in [1.165, 1.54) is 43.7 Å². The van der Waals surface area contributed by atoms with E-state index in [-0.39, 0.29) is 0 Å². The highest BCUT2D eigenvalue weighted by molar-refractivity contribution is 6.26. The quantitative estimate of drug-likeness (QED) is 0.172. The molecule has 0 amide bonds. The minimum absolute atomic E-state index is 0.689. The topological polar surface area (TPSA) is 35.6 Å². The van der Waals surface area contributed by atoms with Gasteiger partial charge >= 0.3 is 0 Å². The second-order valence-corrected chi connectivity index (χ2v) is 14.2. The van der Waals surface area contributed by atoms with Crippen molar-refractivity contribution in [1.29, 1.82) is 0 Å². The molecule has 11 aromatic rings. The van der Waals surface area contributed by atoms with Crippen molar-refractivity contribution in [2.24, 2.45) is 0 Å². The van der Waals surface area contributed by atoms with Crippen molar-refractivity contribution in [3.63, 3.8) is 0 Å². The van der Waals surface area contributed by atoms with E-state index in [4.69, 9.17) is 9.97 Å². The van der Waals surface area contributed by atoms with Crippen molar-refractivity contribution in [3.8, 4) is 56.4 Å². The summed E-state index contributed by atoms with van der Waals surface area (Å²) in [5, 5.41) is 4.89. The molecule has 0 atom stereocenters. The van der Waals surface area contributed by atoms with Crippen molar-refractivity contribution < 1.29 is 0 Å². The van der Waals surface area contributed by atoms with Crippen LogP contribution >= 0.6 is 0 Å². The number of fused-ring (bicyclic) bond motifs is 7. The predicted octanol–water partition coefficient (Wildman–Crippen LogP) is 13.3. The molecule has 0 spiro atoms. The summed E-state index contributed by atoms with van der Waals surface area (Å²) in [5.74, 6) is 0.689. The molecular weight excluding hydrogens is 681 g/mol. The lowest BCUT2D eigenvalue weighted by atomic mass is 10.0. The van der Waals surface area contributed by atoms with Gasteiger partial charge in [0.05, 0.1) is 33.5 Å². The first kappa shape index (κ1) is 31.9. The van der Waals surface area contributed by atoms with Crippen LogP contribution in [0.5, 0.6) is 0 Å². The summed E-state index contributed by atoms with van der Waals surface area (Å²) in [5.41, 5.74) is 14.1. The Morgan fingerprint density at radius 2 is 0.804 bits per heavy atom. The van der Waals surface area contributed by atoms with E-state index >= 15 is 0 Å². The van der Waals surface area contributed by atoms with Crippen LogP contribution in [-0.2, 0) is 0 Å². The van der Waals surface area contributed by atoms with Gasteiger partial charge in [-0.2, -0.15) is 0 Å². The number of para-hydroxylation sites is 2. The lowest BCUT2D eigenvalue weighted by molar-refractivity contribution is 1.16. The van der Waals surface area contributed by atoms with Gasteiger partial charge < -0.3 is 9.13 Å². The zero-order chi connectivity index (χ0) is 37.0. The van der Waals surface area contributed by atoms with Gasteiger partial charge in [-0.1, -0.05) is 158 Å². The zero-order valence-corrected chi connectivity index (χ0v) is 30.4. The van der Waals surface area contributed by atoms with Crippen LogP contribution in [0.25, 0.3) is 100 Å². The molecule has 0 bridgehead atoms. The average Bonchev–Trinajstić information content (AvgIpc) is 3.80. The molecule has 4 heteroatoms. The SMILES string of the molecule is c1ccc(-c2cccc(-n3c4ccccc4c4ccc5c(c6ccccc6n5-c5cccc(-c6nc(-c7ccccc7)cc(-c7ccccc7)n6)c5)c43)c2)cc1. The Morgan fingerprint density at radius 3 is 1.46 bits per heavy atom. The van der Waals surface area contributed by atoms with Gasteiger partial charge in [-0.25, -0.2) is 9.97 Å². The molecule has 56 heavy (non-hydrogen) atoms. The van der Waals surface area contributed by atoms with Gasteiger partial charge in [-0.3, -0.25) is 0 Å². The van der Waals surface area contributed by atoms with Gasteiger partial charge in [-0.05, 0) is 59.7 Å². The number of rotatable bonds is 6. The molecule has 8 aromatic carbocycles. The van der Waals surface area contributed by atoms with Crippen LogP contribution in [-0.4, -0.2) is 19.1 Å². The molecule has 0 radical (unpaired) electrons. The fraction of sp³-hybridized carbons (Fsp3) is 0. The Labute approximate surface area is 324 Å². The van der Waals surface area contributed by atoms with E-state index in [9.17, 15) is 0 Å². The molecule has 11 rings (SSSR count). The van der Waals surface area contributed by atoms with E-state index in [1.54, 1.807) is 0 Å². The Kier molecular flexibility index (Phi) is 7.46. The van der Waals surface area contributed by atoms with Gasteiger partial charge in [0.1, 0.15) is 0 Å². The Hall–Kier alpha value is -7.56. The Bertz CT molecular complexity index is 3170. The monoisotopic (exact) mass is 714 g/mol. The summed E-state index contributed by atoms with van der Waals surface area (Å²) in [6, 6.07) is 73.1. The van der Waals surface area contributed by atoms with E-state index in [0.717, 1.165) is 50.5 Å². The molecule has 3 heterocycles. The number of hydrogen-bond acceptors (Lipinski definition) is 2. The lowest BCUT2D eigenvalue weighted by Crippen LogP contribution is -1.98. The van der Waals surface area contributed by atoms with Crippen LogP contribution in [0.4, 0.5) is 0 Å². The molecule has 0 unspecified atom stereocenters. The maximum absolute atomic E-state index is 5.16. The molecule has 0 aliphatic carbocycles. The first-order valence-electron chi connectivity index (χ1n) is 19.0. The first-order chi connectivity index (χ1) is 27.8. The number of aromatic nitrogens is 4. The van der Waals surface area contributed by atoms with Crippen molar-refractivity contribution in [2.75, 3.05) is 0 Å². The minimum Gasteiger partial charge on any atom is -0.309 e. The summed E-state index contributed by atoms with van der Waals surface area (Å²) in [4.78, 5) is 10.3. The molecular formula is C52H34N4. The summed E-state index contributed by atoms with van der Waals surface area (Å²) in [6.07, 6.45) is 0. The molecule has 0 saturated carbocycles. The van der Waals surface area contributed by atoms with E-state index in [1.807, 2.05) is 12.1 Å². The second-order valence-electron chi connectivity index (χ2n) is 14.2. The van der Waals surface area contributed by atoms with Gasteiger partial charge in [0.15, 0.2) is 5.82 Å². The fourth-order valence-electron chi connectivity index (χ4n) is 8.38. The van der Waals surface area contributed by atoms with Crippen molar-refractivity contribution in [2.45, 2.75) is 0 Å². The molecule has 0 aliphatic heterocycles. The largest absolute Gasteiger partial charge is 0.309 e. The molecule has 0 fully saturated rings. The van der Waals surface area contributed by atoms with Gasteiger partial charge in [0.25, 0.3) is 0 Å². The smallest absolute Gasteiger partial charge is 0.160 e. The molecule has 0 N–H and O–H groups in total. The minimum atomic E-state index is 0.689. The molecule has 0 saturated heterocycles. The fourth-order valence-corrected chi connectivity index (χ4v) is 8.38. The van der Waals surface area contributed by atoms with Crippen LogP contribution in [0, 0.1) is 0 Å². The number of hydrogen-bond donors (Lipinski definition) is 0. The first-order valence-corrected chi connectivity index (χ1v) is 19.0. The summed E-state index contributed by atoms with van der Waals surface area (Å²) in [6.45, 7) is 0. The zero-order valence-electron chi connectivity index (χ0n) is 30.4. The third-order valence-corrected chi connectivity index (χ3v) is 10.9. The van der Waals surface area contributed by atoms with Crippen molar-refractivity contribution in [1.82, 2.24) is 19.1 Å². The Morgan fingerprint density at radius 1 is 0.304 bits per heavy atom. The Balaban J connectivity index is 1.15. The summed E-state index contributed by atoms with van der Waals surface area (Å²) < 4.78 is 4.86. The molecule has 3 aromatic heterocycles. The number of nitrogens with zero attached hydrogens (tertiary/aromatic N) is 4. The van der Waals surface area contributed by atoms with Crippen LogP contribution in [0.3, 0.4) is 0 Å². The van der Waals surface area contributed by atoms with Crippen LogP contribution < -0.4 is 0 Å². The average molecular weight is 715 g/mol. The van der Waals surface area contributed by atoms with Crippen LogP contribution in [0.2, 0.25) is 0 Å². The van der Waals surface area contributed by atoms with Crippen LogP contribution in [0.15, 0.2) is 206 Å². The standard InChI is InChI=1S/C52H34N4/c1-4-16-35(17-5-1)38-22-14-25-41(32-38)56-47-28-12-10-26-42(47)43-30-31-49-50(51(43)56)44-27-11-13-29-48(44)55(49)40-24-15-23-39(33-40)52-53-45(36-18-6-2-7-19-36)34-46(54-52)37-20-8-3-9-21-37/h1-34H. The highest BCUT2D eigenvalue weighted by atomic mass is 15.0. The maximum atomic E-state index is 5.16. The highest BCUT2D eigenvalue weighted by Crippen LogP contribution is 2.42. The van der Waals surface area contributed by atoms with E-state index < -0.39 is 0 Å². The van der Waals surface area contributed by atoms with Crippen molar-refractivity contribution >= 4 is 43.6 Å². The van der Waals surface area contributed by atoms with E-state index in [2.05, 4.69) is 203 Å². The maximum Gasteiger partial charge on any atom is 0.160 e. The molecule has 0 aliphatic rings. The van der Waals surface area contributed by atoms with Gasteiger partial charge in [-0.15, -0.1) is 0 Å². The van der Waals surface area contributed by atoms with Gasteiger partial charge in [0.2, 0.25) is 0 Å². The number of benzene rings is 8. The predicted molar refractivity (Wildman–Crippen MR) is 232 cm³/mol.